The standard InChI is InChI=1S/C16H24BrN3O/c1-11(2)19-16(21)10-20(3)15-7-4-12(8-14(15)17)9-18-13-5-6-13/h4,7-8,11,13,18H,5-6,9-10H2,1-3H3,(H,19,21). The molecule has 0 atom stereocenters. The molecule has 116 valence electrons. The van der Waals surface area contributed by atoms with E-state index < -0.39 is 0 Å². The summed E-state index contributed by atoms with van der Waals surface area (Å²) in [6.07, 6.45) is 2.60. The quantitative estimate of drug-likeness (QED) is 0.791. The summed E-state index contributed by atoms with van der Waals surface area (Å²) in [6, 6.07) is 7.20. The van der Waals surface area contributed by atoms with E-state index in [-0.39, 0.29) is 11.9 Å². The van der Waals surface area contributed by atoms with Crippen molar-refractivity contribution in [3.8, 4) is 0 Å². The Balaban J connectivity index is 1.93. The first-order chi connectivity index (χ1) is 9.95. The van der Waals surface area contributed by atoms with E-state index >= 15 is 0 Å². The van der Waals surface area contributed by atoms with Gasteiger partial charge in [-0.1, -0.05) is 6.07 Å². The van der Waals surface area contributed by atoms with Gasteiger partial charge in [-0.2, -0.15) is 0 Å². The van der Waals surface area contributed by atoms with Crippen LogP contribution in [0.1, 0.15) is 32.3 Å². The summed E-state index contributed by atoms with van der Waals surface area (Å²) in [4.78, 5) is 13.8. The molecule has 4 nitrogen and oxygen atoms in total. The Labute approximate surface area is 135 Å². The van der Waals surface area contributed by atoms with Crippen molar-refractivity contribution >= 4 is 27.5 Å². The lowest BCUT2D eigenvalue weighted by atomic mass is 10.2. The molecule has 1 saturated carbocycles. The number of halogens is 1. The van der Waals surface area contributed by atoms with Gasteiger partial charge in [-0.3, -0.25) is 4.79 Å². The van der Waals surface area contributed by atoms with Crippen molar-refractivity contribution in [1.82, 2.24) is 10.6 Å². The van der Waals surface area contributed by atoms with E-state index in [1.165, 1.54) is 18.4 Å². The van der Waals surface area contributed by atoms with Crippen LogP contribution in [0, 0.1) is 0 Å². The minimum atomic E-state index is 0.0406. The van der Waals surface area contributed by atoms with Crippen molar-refractivity contribution in [1.29, 1.82) is 0 Å². The monoisotopic (exact) mass is 353 g/mol. The van der Waals surface area contributed by atoms with Gasteiger partial charge in [0, 0.05) is 30.1 Å². The fourth-order valence-corrected chi connectivity index (χ4v) is 2.92. The number of carbonyl (C=O) groups excluding carboxylic acids is 1. The molecule has 0 unspecified atom stereocenters. The second-order valence-corrected chi connectivity index (χ2v) is 6.87. The molecule has 0 radical (unpaired) electrons. The van der Waals surface area contributed by atoms with E-state index in [0.717, 1.165) is 16.7 Å². The lowest BCUT2D eigenvalue weighted by molar-refractivity contribution is -0.120. The normalized spacial score (nSPS) is 14.3. The third kappa shape index (κ3) is 5.32. The Kier molecular flexibility index (Phi) is 5.65. The molecule has 2 rings (SSSR count). The third-order valence-electron chi connectivity index (χ3n) is 3.43. The number of likely N-dealkylation sites (N-methyl/N-ethyl adjacent to an activating group) is 1. The molecule has 2 N–H and O–H groups in total. The van der Waals surface area contributed by atoms with E-state index in [0.29, 0.717) is 12.6 Å². The Morgan fingerprint density at radius 3 is 2.71 bits per heavy atom. The van der Waals surface area contributed by atoms with Crippen molar-refractivity contribution in [3.63, 3.8) is 0 Å². The van der Waals surface area contributed by atoms with E-state index in [1.807, 2.05) is 25.8 Å². The Morgan fingerprint density at radius 2 is 2.14 bits per heavy atom. The Hall–Kier alpha value is -1.07. The molecule has 0 bridgehead atoms. The Bertz CT molecular complexity index is 500. The van der Waals surface area contributed by atoms with E-state index in [9.17, 15) is 4.79 Å². The van der Waals surface area contributed by atoms with Crippen molar-refractivity contribution < 1.29 is 4.79 Å². The number of rotatable bonds is 7. The molecule has 1 aliphatic carbocycles. The van der Waals surface area contributed by atoms with Gasteiger partial charge in [-0.05, 0) is 60.3 Å². The lowest BCUT2D eigenvalue weighted by Gasteiger charge is -2.21. The summed E-state index contributed by atoms with van der Waals surface area (Å²) < 4.78 is 1.03. The van der Waals surface area contributed by atoms with Gasteiger partial charge in [0.15, 0.2) is 0 Å². The zero-order valence-corrected chi connectivity index (χ0v) is 14.5. The van der Waals surface area contributed by atoms with Crippen LogP contribution in [0.15, 0.2) is 22.7 Å². The maximum absolute atomic E-state index is 11.8. The average molecular weight is 354 g/mol. The second-order valence-electron chi connectivity index (χ2n) is 6.02. The predicted molar refractivity (Wildman–Crippen MR) is 90.6 cm³/mol. The topological polar surface area (TPSA) is 44.4 Å². The molecule has 0 saturated heterocycles. The van der Waals surface area contributed by atoms with Crippen molar-refractivity contribution in [3.05, 3.63) is 28.2 Å². The van der Waals surface area contributed by atoms with Gasteiger partial charge in [0.25, 0.3) is 0 Å². The molecule has 21 heavy (non-hydrogen) atoms. The average Bonchev–Trinajstić information content (AvgIpc) is 3.19. The minimum absolute atomic E-state index is 0.0406. The van der Waals surface area contributed by atoms with Gasteiger partial charge in [-0.15, -0.1) is 0 Å². The maximum atomic E-state index is 11.8. The number of hydrogen-bond acceptors (Lipinski definition) is 3. The van der Waals surface area contributed by atoms with Crippen LogP contribution < -0.4 is 15.5 Å². The highest BCUT2D eigenvalue weighted by molar-refractivity contribution is 9.10. The highest BCUT2D eigenvalue weighted by Gasteiger charge is 2.20. The summed E-state index contributed by atoms with van der Waals surface area (Å²) in [5, 5.41) is 6.41. The van der Waals surface area contributed by atoms with E-state index in [4.69, 9.17) is 0 Å². The zero-order valence-electron chi connectivity index (χ0n) is 12.9. The fraction of sp³-hybridized carbons (Fsp3) is 0.562. The second kappa shape index (κ2) is 7.27. The molecule has 1 aromatic rings. The SMILES string of the molecule is CC(C)NC(=O)CN(C)c1ccc(CNC2CC2)cc1Br. The van der Waals surface area contributed by atoms with Gasteiger partial charge >= 0.3 is 0 Å². The highest BCUT2D eigenvalue weighted by atomic mass is 79.9. The van der Waals surface area contributed by atoms with Gasteiger partial charge in [-0.25, -0.2) is 0 Å². The largest absolute Gasteiger partial charge is 0.364 e. The molecule has 1 fully saturated rings. The minimum Gasteiger partial charge on any atom is -0.364 e. The van der Waals surface area contributed by atoms with Crippen LogP contribution in [0.3, 0.4) is 0 Å². The number of benzene rings is 1. The molecular formula is C16H24BrN3O. The fourth-order valence-electron chi connectivity index (χ4n) is 2.19. The maximum Gasteiger partial charge on any atom is 0.239 e. The van der Waals surface area contributed by atoms with Crippen LogP contribution in [-0.2, 0) is 11.3 Å². The molecule has 1 aliphatic rings. The van der Waals surface area contributed by atoms with Crippen LogP contribution in [0.2, 0.25) is 0 Å². The molecule has 1 aromatic carbocycles. The van der Waals surface area contributed by atoms with Crippen LogP contribution in [0.4, 0.5) is 5.69 Å². The zero-order chi connectivity index (χ0) is 15.4. The number of carbonyl (C=O) groups is 1. The van der Waals surface area contributed by atoms with Crippen LogP contribution in [-0.4, -0.2) is 31.6 Å². The molecule has 0 heterocycles. The highest BCUT2D eigenvalue weighted by Crippen LogP contribution is 2.27. The number of nitrogens with zero attached hydrogens (tertiary/aromatic N) is 1. The van der Waals surface area contributed by atoms with Gasteiger partial charge in [0.2, 0.25) is 5.91 Å². The number of amides is 1. The molecule has 0 aliphatic heterocycles. The first-order valence-electron chi connectivity index (χ1n) is 7.48. The smallest absolute Gasteiger partial charge is 0.239 e. The summed E-state index contributed by atoms with van der Waals surface area (Å²) in [7, 11) is 1.93. The van der Waals surface area contributed by atoms with E-state index in [1.54, 1.807) is 0 Å². The first kappa shape index (κ1) is 16.3. The van der Waals surface area contributed by atoms with Crippen molar-refractivity contribution in [2.75, 3.05) is 18.5 Å². The van der Waals surface area contributed by atoms with Gasteiger partial charge < -0.3 is 15.5 Å². The summed E-state index contributed by atoms with van der Waals surface area (Å²) >= 11 is 3.61. The van der Waals surface area contributed by atoms with Gasteiger partial charge in [0.05, 0.1) is 12.2 Å². The van der Waals surface area contributed by atoms with Crippen LogP contribution in [0.25, 0.3) is 0 Å². The Morgan fingerprint density at radius 1 is 1.43 bits per heavy atom. The summed E-state index contributed by atoms with van der Waals surface area (Å²) in [5.41, 5.74) is 2.29. The third-order valence-corrected chi connectivity index (χ3v) is 4.06. The molecular weight excluding hydrogens is 330 g/mol. The molecule has 0 spiro atoms. The number of anilines is 1. The molecule has 1 amide bonds. The van der Waals surface area contributed by atoms with Crippen molar-refractivity contribution in [2.24, 2.45) is 0 Å². The van der Waals surface area contributed by atoms with Crippen LogP contribution >= 0.6 is 15.9 Å². The first-order valence-corrected chi connectivity index (χ1v) is 8.27. The molecule has 0 aromatic heterocycles. The number of nitrogens with one attached hydrogen (secondary N) is 2. The lowest BCUT2D eigenvalue weighted by Crippen LogP contribution is -2.38. The molecule has 5 heteroatoms. The van der Waals surface area contributed by atoms with E-state index in [2.05, 4.69) is 44.8 Å². The van der Waals surface area contributed by atoms with Crippen LogP contribution in [0.5, 0.6) is 0 Å². The summed E-state index contributed by atoms with van der Waals surface area (Å²) in [5.74, 6) is 0.0406. The van der Waals surface area contributed by atoms with Gasteiger partial charge in [0.1, 0.15) is 0 Å². The summed E-state index contributed by atoms with van der Waals surface area (Å²) in [6.45, 7) is 5.20. The predicted octanol–water partition coefficient (Wildman–Crippen LogP) is 2.66. The van der Waals surface area contributed by atoms with Crippen molar-refractivity contribution in [2.45, 2.75) is 45.3 Å². The number of hydrogen-bond donors (Lipinski definition) is 2.